The zero-order valence-corrected chi connectivity index (χ0v) is 11.3. The number of fused-ring (bicyclic) bond motifs is 1. The predicted octanol–water partition coefficient (Wildman–Crippen LogP) is 3.01. The van der Waals surface area contributed by atoms with Gasteiger partial charge in [-0.1, -0.05) is 0 Å². The van der Waals surface area contributed by atoms with Crippen LogP contribution in [0.5, 0.6) is 5.75 Å². The highest BCUT2D eigenvalue weighted by molar-refractivity contribution is 6.08. The maximum absolute atomic E-state index is 7.92. The van der Waals surface area contributed by atoms with Gasteiger partial charge in [0.15, 0.2) is 5.90 Å². The quantitative estimate of drug-likeness (QED) is 0.657. The number of hydrogen-bond acceptors (Lipinski definition) is 4. The van der Waals surface area contributed by atoms with Crippen molar-refractivity contribution in [1.82, 2.24) is 4.57 Å². The van der Waals surface area contributed by atoms with Gasteiger partial charge in [0.25, 0.3) is 0 Å². The maximum atomic E-state index is 7.92. The highest BCUT2D eigenvalue weighted by Gasteiger charge is 2.14. The fourth-order valence-corrected chi connectivity index (χ4v) is 2.05. The van der Waals surface area contributed by atoms with Crippen LogP contribution in [0.15, 0.2) is 24.4 Å². The lowest BCUT2D eigenvalue weighted by molar-refractivity contribution is 0.415. The summed E-state index contributed by atoms with van der Waals surface area (Å²) in [6.07, 6.45) is 1.87. The average molecular weight is 259 g/mol. The van der Waals surface area contributed by atoms with Crippen LogP contribution >= 0.6 is 0 Å². The van der Waals surface area contributed by atoms with Crippen molar-refractivity contribution >= 4 is 22.7 Å². The van der Waals surface area contributed by atoms with Crippen molar-refractivity contribution in [2.75, 3.05) is 7.11 Å². The van der Waals surface area contributed by atoms with Crippen LogP contribution in [-0.4, -0.2) is 23.5 Å². The highest BCUT2D eigenvalue weighted by atomic mass is 16.5. The topological polar surface area (TPSA) is 71.1 Å². The molecule has 2 N–H and O–H groups in total. The minimum Gasteiger partial charge on any atom is -0.497 e. The summed E-state index contributed by atoms with van der Waals surface area (Å²) in [5, 5.41) is 16.2. The highest BCUT2D eigenvalue weighted by Crippen LogP contribution is 2.26. The third-order valence-electron chi connectivity index (χ3n) is 2.93. The second-order valence-corrected chi connectivity index (χ2v) is 4.20. The normalized spacial score (nSPS) is 10.5. The molecule has 0 unspecified atom stereocenters. The minimum atomic E-state index is -0.00475. The molecule has 1 aromatic heterocycles. The number of hydrogen-bond donors (Lipinski definition) is 2. The van der Waals surface area contributed by atoms with E-state index in [1.54, 1.807) is 7.11 Å². The van der Waals surface area contributed by atoms with E-state index in [0.29, 0.717) is 5.56 Å². The van der Waals surface area contributed by atoms with E-state index in [0.717, 1.165) is 23.2 Å². The number of aromatic nitrogens is 1. The van der Waals surface area contributed by atoms with E-state index in [1.807, 2.05) is 35.9 Å². The second-order valence-electron chi connectivity index (χ2n) is 4.20. The van der Waals surface area contributed by atoms with Crippen LogP contribution < -0.4 is 4.74 Å². The summed E-state index contributed by atoms with van der Waals surface area (Å²) in [7, 11) is 1.63. The van der Waals surface area contributed by atoms with Crippen molar-refractivity contribution in [2.24, 2.45) is 0 Å². The molecule has 5 nitrogen and oxygen atoms in total. The summed E-state index contributed by atoms with van der Waals surface area (Å²) in [4.78, 5) is 0. The van der Waals surface area contributed by atoms with Crippen molar-refractivity contribution in [3.05, 3.63) is 30.0 Å². The zero-order chi connectivity index (χ0) is 14.0. The standard InChI is InChI=1S/C14H17N3O2/c1-4-17-8-12(14(16)19-9(2)15)11-6-5-10(18-3)7-13(11)17/h5-8,15-16H,4H2,1-3H3. The number of nitrogens with zero attached hydrogens (tertiary/aromatic N) is 1. The molecule has 1 heterocycles. The zero-order valence-electron chi connectivity index (χ0n) is 11.3. The molecule has 0 aliphatic carbocycles. The van der Waals surface area contributed by atoms with Crippen LogP contribution in [0.3, 0.4) is 0 Å². The third-order valence-corrected chi connectivity index (χ3v) is 2.93. The molecule has 0 bridgehead atoms. The third kappa shape index (κ3) is 2.45. The first-order valence-corrected chi connectivity index (χ1v) is 6.05. The molecule has 0 atom stereocenters. The molecule has 0 amide bonds. The largest absolute Gasteiger partial charge is 0.497 e. The number of benzene rings is 1. The monoisotopic (exact) mass is 259 g/mol. The first kappa shape index (κ1) is 13.1. The summed E-state index contributed by atoms with van der Waals surface area (Å²) in [5.74, 6) is 0.785. The van der Waals surface area contributed by atoms with E-state index in [2.05, 4.69) is 0 Å². The fraction of sp³-hybridized carbons (Fsp3) is 0.286. The summed E-state index contributed by atoms with van der Waals surface area (Å²) in [6.45, 7) is 4.34. The number of methoxy groups -OCH3 is 1. The van der Waals surface area contributed by atoms with Crippen molar-refractivity contribution in [1.29, 1.82) is 10.8 Å². The molecule has 2 aromatic rings. The molecule has 0 saturated carbocycles. The van der Waals surface area contributed by atoms with E-state index >= 15 is 0 Å². The van der Waals surface area contributed by atoms with Crippen LogP contribution in [0.25, 0.3) is 10.9 Å². The Hall–Kier alpha value is -2.30. The van der Waals surface area contributed by atoms with Gasteiger partial charge in [-0.3, -0.25) is 10.8 Å². The Balaban J connectivity index is 2.56. The number of ether oxygens (including phenoxy) is 2. The summed E-state index contributed by atoms with van der Waals surface area (Å²) < 4.78 is 12.3. The van der Waals surface area contributed by atoms with E-state index in [9.17, 15) is 0 Å². The molecule has 0 radical (unpaired) electrons. The minimum absolute atomic E-state index is 0.00475. The number of rotatable bonds is 3. The lowest BCUT2D eigenvalue weighted by Gasteiger charge is -2.04. The van der Waals surface area contributed by atoms with E-state index in [4.69, 9.17) is 20.3 Å². The van der Waals surface area contributed by atoms with E-state index < -0.39 is 0 Å². The Labute approximate surface area is 111 Å². The molecule has 5 heteroatoms. The smallest absolute Gasteiger partial charge is 0.223 e. The molecular weight excluding hydrogens is 242 g/mol. The predicted molar refractivity (Wildman–Crippen MR) is 75.5 cm³/mol. The molecule has 0 spiro atoms. The van der Waals surface area contributed by atoms with Crippen molar-refractivity contribution < 1.29 is 9.47 Å². The average Bonchev–Trinajstić information content (AvgIpc) is 2.75. The molecule has 0 aliphatic heterocycles. The van der Waals surface area contributed by atoms with E-state index in [1.165, 1.54) is 6.92 Å². The summed E-state index contributed by atoms with van der Waals surface area (Å²) >= 11 is 0. The Morgan fingerprint density at radius 2 is 2.05 bits per heavy atom. The van der Waals surface area contributed by atoms with Crippen LogP contribution in [0.4, 0.5) is 0 Å². The van der Waals surface area contributed by atoms with Gasteiger partial charge < -0.3 is 14.0 Å². The van der Waals surface area contributed by atoms with Crippen molar-refractivity contribution in [3.8, 4) is 5.75 Å². The van der Waals surface area contributed by atoms with E-state index in [-0.39, 0.29) is 11.8 Å². The first-order valence-electron chi connectivity index (χ1n) is 6.05. The Kier molecular flexibility index (Phi) is 3.55. The van der Waals surface area contributed by atoms with Gasteiger partial charge in [0, 0.05) is 31.1 Å². The molecule has 2 rings (SSSR count). The molecule has 100 valence electrons. The summed E-state index contributed by atoms with van der Waals surface area (Å²) in [6, 6.07) is 5.70. The molecule has 1 aromatic carbocycles. The van der Waals surface area contributed by atoms with Gasteiger partial charge in [-0.05, 0) is 19.1 Å². The lowest BCUT2D eigenvalue weighted by Crippen LogP contribution is -2.08. The molecular formula is C14H17N3O2. The van der Waals surface area contributed by atoms with Crippen LogP contribution in [-0.2, 0) is 11.3 Å². The van der Waals surface area contributed by atoms with Gasteiger partial charge in [-0.2, -0.15) is 0 Å². The Morgan fingerprint density at radius 3 is 2.63 bits per heavy atom. The summed E-state index contributed by atoms with van der Waals surface area (Å²) in [5.41, 5.74) is 1.68. The lowest BCUT2D eigenvalue weighted by atomic mass is 10.1. The first-order chi connectivity index (χ1) is 9.06. The van der Waals surface area contributed by atoms with Crippen LogP contribution in [0.2, 0.25) is 0 Å². The van der Waals surface area contributed by atoms with Gasteiger partial charge in [-0.25, -0.2) is 0 Å². The molecule has 0 fully saturated rings. The van der Waals surface area contributed by atoms with Crippen LogP contribution in [0, 0.1) is 10.8 Å². The molecule has 0 aliphatic rings. The van der Waals surface area contributed by atoms with Crippen molar-refractivity contribution in [2.45, 2.75) is 20.4 Å². The number of nitrogens with one attached hydrogen (secondary N) is 2. The number of aryl methyl sites for hydroxylation is 1. The van der Waals surface area contributed by atoms with Gasteiger partial charge in [0.05, 0.1) is 18.2 Å². The molecule has 19 heavy (non-hydrogen) atoms. The Bertz CT molecular complexity index is 643. The van der Waals surface area contributed by atoms with Crippen LogP contribution in [0.1, 0.15) is 19.4 Å². The second kappa shape index (κ2) is 5.14. The van der Waals surface area contributed by atoms with Gasteiger partial charge in [-0.15, -0.1) is 0 Å². The molecule has 0 saturated heterocycles. The van der Waals surface area contributed by atoms with Gasteiger partial charge in [0.1, 0.15) is 5.75 Å². The Morgan fingerprint density at radius 1 is 1.32 bits per heavy atom. The van der Waals surface area contributed by atoms with Gasteiger partial charge >= 0.3 is 0 Å². The van der Waals surface area contributed by atoms with Gasteiger partial charge in [0.2, 0.25) is 5.90 Å². The van der Waals surface area contributed by atoms with Crippen molar-refractivity contribution in [3.63, 3.8) is 0 Å². The maximum Gasteiger partial charge on any atom is 0.223 e. The SMILES string of the molecule is CCn1cc(C(=N)OC(C)=N)c2ccc(OC)cc21. The fourth-order valence-electron chi connectivity index (χ4n) is 2.05.